The molecule has 5 nitrogen and oxygen atoms in total. The van der Waals surface area contributed by atoms with Crippen LogP contribution in [-0.4, -0.2) is 35.8 Å². The Morgan fingerprint density at radius 3 is 2.85 bits per heavy atom. The van der Waals surface area contributed by atoms with Crippen molar-refractivity contribution in [3.63, 3.8) is 0 Å². The Morgan fingerprint density at radius 1 is 1.27 bits per heavy atom. The standard InChI is InChI=1S/C20H21ClN2O3/c1-26-20(25)18(10-14-11-22-17-8-3-2-7-16(14)17)23-12-19(24)13-5-4-6-15(21)9-13/h2-9,11,18-19,22-24H,10,12H2,1H3/t18-,19?/m0/s1. The van der Waals surface area contributed by atoms with Crippen molar-refractivity contribution in [1.82, 2.24) is 10.3 Å². The van der Waals surface area contributed by atoms with Gasteiger partial charge in [-0.1, -0.05) is 41.9 Å². The summed E-state index contributed by atoms with van der Waals surface area (Å²) < 4.78 is 4.92. The van der Waals surface area contributed by atoms with E-state index in [0.29, 0.717) is 17.0 Å². The summed E-state index contributed by atoms with van der Waals surface area (Å²) in [5.74, 6) is -0.367. The van der Waals surface area contributed by atoms with E-state index in [1.165, 1.54) is 7.11 Å². The van der Waals surface area contributed by atoms with Gasteiger partial charge < -0.3 is 20.1 Å². The van der Waals surface area contributed by atoms with Crippen LogP contribution < -0.4 is 5.32 Å². The molecular weight excluding hydrogens is 352 g/mol. The van der Waals surface area contributed by atoms with Gasteiger partial charge in [-0.3, -0.25) is 4.79 Å². The van der Waals surface area contributed by atoms with Gasteiger partial charge in [-0.05, 0) is 29.3 Å². The second kappa shape index (κ2) is 8.36. The van der Waals surface area contributed by atoms with E-state index >= 15 is 0 Å². The van der Waals surface area contributed by atoms with Gasteiger partial charge in [0.25, 0.3) is 0 Å². The minimum Gasteiger partial charge on any atom is -0.468 e. The maximum absolute atomic E-state index is 12.2. The number of aromatic amines is 1. The molecule has 26 heavy (non-hydrogen) atoms. The Bertz CT molecular complexity index is 893. The highest BCUT2D eigenvalue weighted by Crippen LogP contribution is 2.20. The van der Waals surface area contributed by atoms with E-state index in [1.807, 2.05) is 30.5 Å². The summed E-state index contributed by atoms with van der Waals surface area (Å²) in [5, 5.41) is 15.1. The minimum absolute atomic E-state index is 0.211. The first-order valence-corrected chi connectivity index (χ1v) is 8.76. The van der Waals surface area contributed by atoms with Crippen LogP contribution in [0.4, 0.5) is 0 Å². The van der Waals surface area contributed by atoms with Crippen molar-refractivity contribution in [2.24, 2.45) is 0 Å². The summed E-state index contributed by atoms with van der Waals surface area (Å²) in [6.07, 6.45) is 1.58. The van der Waals surface area contributed by atoms with E-state index in [2.05, 4.69) is 10.3 Å². The normalized spacial score (nSPS) is 13.5. The molecule has 0 fully saturated rings. The Balaban J connectivity index is 1.71. The zero-order chi connectivity index (χ0) is 18.5. The highest BCUT2D eigenvalue weighted by Gasteiger charge is 2.22. The van der Waals surface area contributed by atoms with E-state index in [9.17, 15) is 9.90 Å². The number of para-hydroxylation sites is 1. The number of aliphatic hydroxyl groups is 1. The van der Waals surface area contributed by atoms with Crippen LogP contribution in [0.5, 0.6) is 0 Å². The number of aromatic nitrogens is 1. The fourth-order valence-corrected chi connectivity index (χ4v) is 3.19. The third-order valence-electron chi connectivity index (χ3n) is 4.38. The zero-order valence-corrected chi connectivity index (χ0v) is 15.2. The van der Waals surface area contributed by atoms with Crippen LogP contribution in [0.2, 0.25) is 5.02 Å². The van der Waals surface area contributed by atoms with Crippen LogP contribution in [0.1, 0.15) is 17.2 Å². The topological polar surface area (TPSA) is 74.4 Å². The molecule has 3 aromatic rings. The molecule has 3 N–H and O–H groups in total. The van der Waals surface area contributed by atoms with Crippen molar-refractivity contribution in [2.75, 3.05) is 13.7 Å². The number of esters is 1. The SMILES string of the molecule is COC(=O)[C@H](Cc1c[nH]c2ccccc12)NCC(O)c1cccc(Cl)c1. The molecule has 0 spiro atoms. The first kappa shape index (κ1) is 18.5. The predicted octanol–water partition coefficient (Wildman–Crippen LogP) is 3.23. The van der Waals surface area contributed by atoms with Crippen molar-refractivity contribution >= 4 is 28.5 Å². The van der Waals surface area contributed by atoms with Gasteiger partial charge in [-0.25, -0.2) is 0 Å². The molecule has 0 aliphatic rings. The molecule has 0 aliphatic heterocycles. The van der Waals surface area contributed by atoms with Gasteiger partial charge in [-0.15, -0.1) is 0 Å². The number of carbonyl (C=O) groups is 1. The van der Waals surface area contributed by atoms with E-state index < -0.39 is 12.1 Å². The molecule has 0 aliphatic carbocycles. The second-order valence-corrected chi connectivity index (χ2v) is 6.55. The molecule has 0 bridgehead atoms. The number of fused-ring (bicyclic) bond motifs is 1. The highest BCUT2D eigenvalue weighted by atomic mass is 35.5. The number of aliphatic hydroxyl groups excluding tert-OH is 1. The zero-order valence-electron chi connectivity index (χ0n) is 14.4. The predicted molar refractivity (Wildman–Crippen MR) is 102 cm³/mol. The van der Waals surface area contributed by atoms with E-state index in [-0.39, 0.29) is 12.5 Å². The molecular formula is C20H21ClN2O3. The van der Waals surface area contributed by atoms with Gasteiger partial charge in [0.05, 0.1) is 13.2 Å². The molecule has 2 atom stereocenters. The number of benzene rings is 2. The van der Waals surface area contributed by atoms with E-state index in [1.54, 1.807) is 24.3 Å². The summed E-state index contributed by atoms with van der Waals surface area (Å²) >= 11 is 5.97. The number of ether oxygens (including phenoxy) is 1. The number of methoxy groups -OCH3 is 1. The smallest absolute Gasteiger partial charge is 0.323 e. The Labute approximate surface area is 156 Å². The van der Waals surface area contributed by atoms with E-state index in [4.69, 9.17) is 16.3 Å². The Kier molecular flexibility index (Phi) is 5.93. The molecule has 2 aromatic carbocycles. The molecule has 136 valence electrons. The van der Waals surface area contributed by atoms with Crippen LogP contribution in [0.25, 0.3) is 10.9 Å². The van der Waals surface area contributed by atoms with Crippen molar-refractivity contribution in [3.8, 4) is 0 Å². The van der Waals surface area contributed by atoms with Crippen LogP contribution in [0.15, 0.2) is 54.7 Å². The maximum atomic E-state index is 12.2. The molecule has 0 saturated heterocycles. The molecule has 1 heterocycles. The lowest BCUT2D eigenvalue weighted by Gasteiger charge is -2.19. The number of hydrogen-bond acceptors (Lipinski definition) is 4. The van der Waals surface area contributed by atoms with Crippen molar-refractivity contribution in [1.29, 1.82) is 0 Å². The summed E-state index contributed by atoms with van der Waals surface area (Å²) in [6.45, 7) is 0.211. The fraction of sp³-hybridized carbons (Fsp3) is 0.250. The van der Waals surface area contributed by atoms with Gasteiger partial charge in [0.2, 0.25) is 0 Å². The lowest BCUT2D eigenvalue weighted by atomic mass is 10.0. The summed E-state index contributed by atoms with van der Waals surface area (Å²) in [6, 6.07) is 14.4. The third-order valence-corrected chi connectivity index (χ3v) is 4.61. The van der Waals surface area contributed by atoms with Gasteiger partial charge in [0.15, 0.2) is 0 Å². The van der Waals surface area contributed by atoms with Crippen molar-refractivity contribution in [3.05, 3.63) is 70.9 Å². The first-order chi connectivity index (χ1) is 12.6. The van der Waals surface area contributed by atoms with E-state index in [0.717, 1.165) is 16.5 Å². The quantitative estimate of drug-likeness (QED) is 0.557. The molecule has 0 saturated carbocycles. The number of nitrogens with one attached hydrogen (secondary N) is 2. The minimum atomic E-state index is -0.774. The average Bonchev–Trinajstić information content (AvgIpc) is 3.07. The lowest BCUT2D eigenvalue weighted by molar-refractivity contribution is -0.143. The first-order valence-electron chi connectivity index (χ1n) is 8.38. The van der Waals surface area contributed by atoms with Crippen molar-refractivity contribution < 1.29 is 14.6 Å². The van der Waals surface area contributed by atoms with Gasteiger partial charge in [0.1, 0.15) is 6.04 Å². The largest absolute Gasteiger partial charge is 0.468 e. The monoisotopic (exact) mass is 372 g/mol. The Hall–Kier alpha value is -2.34. The molecule has 3 rings (SSSR count). The summed E-state index contributed by atoms with van der Waals surface area (Å²) in [7, 11) is 1.36. The van der Waals surface area contributed by atoms with Crippen LogP contribution in [-0.2, 0) is 16.0 Å². The van der Waals surface area contributed by atoms with Crippen LogP contribution in [0.3, 0.4) is 0 Å². The second-order valence-electron chi connectivity index (χ2n) is 6.12. The summed E-state index contributed by atoms with van der Waals surface area (Å²) in [5.41, 5.74) is 2.73. The number of hydrogen-bond donors (Lipinski definition) is 3. The maximum Gasteiger partial charge on any atom is 0.323 e. The molecule has 1 aromatic heterocycles. The average molecular weight is 373 g/mol. The number of halogens is 1. The Morgan fingerprint density at radius 2 is 2.08 bits per heavy atom. The molecule has 6 heteroatoms. The number of H-pyrrole nitrogens is 1. The molecule has 0 radical (unpaired) electrons. The van der Waals surface area contributed by atoms with Gasteiger partial charge in [0, 0.05) is 35.1 Å². The van der Waals surface area contributed by atoms with Gasteiger partial charge >= 0.3 is 5.97 Å². The molecule has 1 unspecified atom stereocenters. The third kappa shape index (κ3) is 4.25. The summed E-state index contributed by atoms with van der Waals surface area (Å²) in [4.78, 5) is 15.4. The van der Waals surface area contributed by atoms with Gasteiger partial charge in [-0.2, -0.15) is 0 Å². The van der Waals surface area contributed by atoms with Crippen LogP contribution >= 0.6 is 11.6 Å². The number of carbonyl (C=O) groups excluding carboxylic acids is 1. The van der Waals surface area contributed by atoms with Crippen molar-refractivity contribution in [2.45, 2.75) is 18.6 Å². The number of rotatable bonds is 7. The highest BCUT2D eigenvalue weighted by molar-refractivity contribution is 6.30. The molecule has 0 amide bonds. The fourth-order valence-electron chi connectivity index (χ4n) is 2.99. The lowest BCUT2D eigenvalue weighted by Crippen LogP contribution is -2.41. The van der Waals surface area contributed by atoms with Crippen LogP contribution in [0, 0.1) is 0 Å².